The number of hydrogen-bond acceptors (Lipinski definition) is 3. The highest BCUT2D eigenvalue weighted by molar-refractivity contribution is 5.84. The van der Waals surface area contributed by atoms with E-state index in [4.69, 9.17) is 9.47 Å². The van der Waals surface area contributed by atoms with Crippen molar-refractivity contribution >= 4 is 11.8 Å². The zero-order chi connectivity index (χ0) is 20.7. The molecule has 3 aliphatic carbocycles. The van der Waals surface area contributed by atoms with Crippen LogP contribution in [0, 0.1) is 17.3 Å². The minimum atomic E-state index is -0.323. The third-order valence-electron chi connectivity index (χ3n) is 8.12. The maximum absolute atomic E-state index is 12.5. The fourth-order valence-corrected chi connectivity index (χ4v) is 6.63. The summed E-state index contributed by atoms with van der Waals surface area (Å²) in [6.07, 6.45) is 6.47. The molecule has 2 aromatic carbocycles. The van der Waals surface area contributed by atoms with Gasteiger partial charge in [0.2, 0.25) is 0 Å². The quantitative estimate of drug-likeness (QED) is 0.664. The number of anilines is 1. The Balaban J connectivity index is 1.31. The van der Waals surface area contributed by atoms with Crippen molar-refractivity contribution in [2.45, 2.75) is 57.5 Å². The van der Waals surface area contributed by atoms with Crippen LogP contribution in [0.15, 0.2) is 48.5 Å². The first-order valence-corrected chi connectivity index (χ1v) is 11.3. The Morgan fingerprint density at radius 2 is 1.90 bits per heavy atom. The van der Waals surface area contributed by atoms with Crippen molar-refractivity contribution in [3.05, 3.63) is 59.7 Å². The lowest BCUT2D eigenvalue weighted by molar-refractivity contribution is -0.0278. The van der Waals surface area contributed by atoms with Gasteiger partial charge in [0.15, 0.2) is 0 Å². The van der Waals surface area contributed by atoms with Gasteiger partial charge in [-0.15, -0.1) is 0 Å². The predicted molar refractivity (Wildman–Crippen MR) is 118 cm³/mol. The summed E-state index contributed by atoms with van der Waals surface area (Å²) in [6, 6.07) is 16.2. The van der Waals surface area contributed by atoms with Crippen molar-refractivity contribution in [3.63, 3.8) is 0 Å². The highest BCUT2D eigenvalue weighted by Gasteiger charge is 2.56. The summed E-state index contributed by atoms with van der Waals surface area (Å²) in [6.45, 7) is 2.37. The average Bonchev–Trinajstić information content (AvgIpc) is 3.10. The first-order valence-electron chi connectivity index (χ1n) is 11.3. The topological polar surface area (TPSA) is 47.6 Å². The van der Waals surface area contributed by atoms with Crippen LogP contribution < -0.4 is 10.1 Å². The van der Waals surface area contributed by atoms with Gasteiger partial charge in [-0.05, 0) is 91.7 Å². The van der Waals surface area contributed by atoms with E-state index in [1.165, 1.54) is 24.0 Å². The third kappa shape index (κ3) is 3.27. The van der Waals surface area contributed by atoms with Crippen molar-refractivity contribution in [2.24, 2.45) is 17.3 Å². The van der Waals surface area contributed by atoms with Crippen LogP contribution in [0.3, 0.4) is 0 Å². The van der Waals surface area contributed by atoms with Crippen LogP contribution in [0.25, 0.3) is 0 Å². The van der Waals surface area contributed by atoms with Gasteiger partial charge in [-0.2, -0.15) is 0 Å². The molecule has 0 saturated heterocycles. The van der Waals surface area contributed by atoms with Gasteiger partial charge in [0.05, 0.1) is 7.11 Å². The predicted octanol–water partition coefficient (Wildman–Crippen LogP) is 6.17. The molecule has 0 radical (unpaired) electrons. The molecule has 2 fully saturated rings. The second kappa shape index (κ2) is 7.64. The molecule has 5 atom stereocenters. The fraction of sp³-hybridized carbons (Fsp3) is 0.500. The van der Waals surface area contributed by atoms with E-state index in [9.17, 15) is 4.79 Å². The number of aryl methyl sites for hydroxylation is 1. The smallest absolute Gasteiger partial charge is 0.411 e. The molecule has 2 saturated carbocycles. The molecule has 0 bridgehead atoms. The summed E-state index contributed by atoms with van der Waals surface area (Å²) in [5.74, 6) is 2.91. The summed E-state index contributed by atoms with van der Waals surface area (Å²) in [4.78, 5) is 12.5. The van der Waals surface area contributed by atoms with Crippen molar-refractivity contribution in [2.75, 3.05) is 12.4 Å². The molecule has 1 amide bonds. The van der Waals surface area contributed by atoms with Crippen LogP contribution in [-0.4, -0.2) is 19.3 Å². The summed E-state index contributed by atoms with van der Waals surface area (Å²) in [5.41, 5.74) is 3.86. The molecule has 4 nitrogen and oxygen atoms in total. The Labute approximate surface area is 179 Å². The zero-order valence-corrected chi connectivity index (χ0v) is 17.9. The van der Waals surface area contributed by atoms with Crippen molar-refractivity contribution in [3.8, 4) is 5.75 Å². The minimum Gasteiger partial charge on any atom is -0.497 e. The number of fused-ring (bicyclic) bond motifs is 5. The maximum Gasteiger partial charge on any atom is 0.411 e. The highest BCUT2D eigenvalue weighted by atomic mass is 16.6. The number of benzene rings is 2. The maximum atomic E-state index is 12.5. The van der Waals surface area contributed by atoms with Crippen molar-refractivity contribution in [1.82, 2.24) is 0 Å². The number of rotatable bonds is 3. The molecule has 0 aliphatic heterocycles. The fourth-order valence-electron chi connectivity index (χ4n) is 6.63. The lowest BCUT2D eigenvalue weighted by Gasteiger charge is -2.50. The van der Waals surface area contributed by atoms with Gasteiger partial charge in [0.25, 0.3) is 0 Å². The Hall–Kier alpha value is -2.49. The highest BCUT2D eigenvalue weighted by Crippen LogP contribution is 2.61. The van der Waals surface area contributed by atoms with E-state index in [1.807, 2.05) is 30.3 Å². The molecule has 2 aromatic rings. The number of hydrogen-bond donors (Lipinski definition) is 1. The van der Waals surface area contributed by atoms with Crippen LogP contribution in [0.1, 0.15) is 56.1 Å². The van der Waals surface area contributed by atoms with Gasteiger partial charge in [0.1, 0.15) is 11.9 Å². The van der Waals surface area contributed by atoms with E-state index in [0.29, 0.717) is 17.8 Å². The van der Waals surface area contributed by atoms with E-state index >= 15 is 0 Å². The second-order valence-corrected chi connectivity index (χ2v) is 9.49. The molecule has 0 spiro atoms. The van der Waals surface area contributed by atoms with Gasteiger partial charge in [-0.1, -0.05) is 31.2 Å². The standard InChI is InChI=1S/C26H31NO3/c1-26-15-14-21-20-11-9-19(29-2)16-17(20)8-10-22(21)23(26)12-13-24(26)30-25(28)27-18-6-4-3-5-7-18/h3-7,9,11,16,21-24H,8,10,12-15H2,1-2H3,(H,27,28)/t21-,22-,23+,24+,26+/m1/s1. The Bertz CT molecular complexity index is 927. The monoisotopic (exact) mass is 405 g/mol. The minimum absolute atomic E-state index is 0.00410. The lowest BCUT2D eigenvalue weighted by Crippen LogP contribution is -2.45. The van der Waals surface area contributed by atoms with Gasteiger partial charge in [0, 0.05) is 11.1 Å². The first-order chi connectivity index (χ1) is 14.6. The second-order valence-electron chi connectivity index (χ2n) is 9.49. The Morgan fingerprint density at radius 3 is 2.70 bits per heavy atom. The van der Waals surface area contributed by atoms with Crippen molar-refractivity contribution in [1.29, 1.82) is 0 Å². The van der Waals surface area contributed by atoms with Gasteiger partial charge < -0.3 is 9.47 Å². The van der Waals surface area contributed by atoms with Crippen LogP contribution >= 0.6 is 0 Å². The summed E-state index contributed by atoms with van der Waals surface area (Å²) in [5, 5.41) is 2.89. The number of methoxy groups -OCH3 is 1. The zero-order valence-electron chi connectivity index (χ0n) is 17.9. The normalized spacial score (nSPS) is 31.8. The van der Waals surface area contributed by atoms with Gasteiger partial charge >= 0.3 is 6.09 Å². The Morgan fingerprint density at radius 1 is 1.07 bits per heavy atom. The molecule has 1 N–H and O–H groups in total. The summed E-state index contributed by atoms with van der Waals surface area (Å²) < 4.78 is 11.4. The largest absolute Gasteiger partial charge is 0.497 e. The number of carbonyl (C=O) groups is 1. The van der Waals surface area contributed by atoms with E-state index < -0.39 is 0 Å². The number of para-hydroxylation sites is 1. The van der Waals surface area contributed by atoms with E-state index in [0.717, 1.165) is 37.1 Å². The number of carbonyl (C=O) groups excluding carboxylic acids is 1. The molecule has 5 rings (SSSR count). The SMILES string of the molecule is COc1ccc2c(c1)CC[C@@H]1[C@@H]2CC[C@]2(C)[C@@H](OC(=O)Nc3ccccc3)CC[C@@H]12. The molecular weight excluding hydrogens is 374 g/mol. The van der Waals surface area contributed by atoms with Crippen LogP contribution in [0.2, 0.25) is 0 Å². The Kier molecular flexibility index (Phi) is 4.96. The molecule has 4 heteroatoms. The van der Waals surface area contributed by atoms with E-state index in [1.54, 1.807) is 7.11 Å². The number of nitrogens with one attached hydrogen (secondary N) is 1. The summed E-state index contributed by atoms with van der Waals surface area (Å²) in [7, 11) is 1.74. The molecular formula is C26H31NO3. The molecule has 0 aromatic heterocycles. The molecule has 3 aliphatic rings. The number of amides is 1. The van der Waals surface area contributed by atoms with Crippen LogP contribution in [-0.2, 0) is 11.2 Å². The van der Waals surface area contributed by atoms with Crippen LogP contribution in [0.4, 0.5) is 10.5 Å². The van der Waals surface area contributed by atoms with Crippen LogP contribution in [0.5, 0.6) is 5.75 Å². The van der Waals surface area contributed by atoms with Gasteiger partial charge in [-0.3, -0.25) is 5.32 Å². The average molecular weight is 406 g/mol. The first kappa shape index (κ1) is 19.5. The molecule has 0 unspecified atom stereocenters. The van der Waals surface area contributed by atoms with Gasteiger partial charge in [-0.25, -0.2) is 4.79 Å². The molecule has 158 valence electrons. The molecule has 30 heavy (non-hydrogen) atoms. The molecule has 0 heterocycles. The third-order valence-corrected chi connectivity index (χ3v) is 8.12. The number of ether oxygens (including phenoxy) is 2. The summed E-state index contributed by atoms with van der Waals surface area (Å²) >= 11 is 0. The van der Waals surface area contributed by atoms with E-state index in [2.05, 4.69) is 30.4 Å². The lowest BCUT2D eigenvalue weighted by atomic mass is 9.55. The van der Waals surface area contributed by atoms with E-state index in [-0.39, 0.29) is 17.6 Å². The van der Waals surface area contributed by atoms with Crippen molar-refractivity contribution < 1.29 is 14.3 Å².